The summed E-state index contributed by atoms with van der Waals surface area (Å²) in [5.41, 5.74) is -0.532. The van der Waals surface area contributed by atoms with Crippen LogP contribution in [0.2, 0.25) is 0 Å². The predicted octanol–water partition coefficient (Wildman–Crippen LogP) is 4.90. The van der Waals surface area contributed by atoms with Crippen molar-refractivity contribution >= 4 is 23.1 Å². The number of hydrogen-bond donors (Lipinski definition) is 1. The van der Waals surface area contributed by atoms with Crippen LogP contribution < -0.4 is 0 Å². The summed E-state index contributed by atoms with van der Waals surface area (Å²) >= 11 is 6.36. The monoisotopic (exact) mass is 370 g/mol. The molecule has 0 spiro atoms. The minimum absolute atomic E-state index is 0.0584. The minimum Gasteiger partial charge on any atom is -0.479 e. The lowest BCUT2D eigenvalue weighted by molar-refractivity contribution is -0.206. The first-order valence-corrected chi connectivity index (χ1v) is 7.85. The van der Waals surface area contributed by atoms with E-state index in [2.05, 4.69) is 0 Å². The molecular formula is C18H14ClF3O3. The lowest BCUT2D eigenvalue weighted by Crippen LogP contribution is -2.43. The number of fused-ring (bicyclic) bond motifs is 1. The van der Waals surface area contributed by atoms with Crippen LogP contribution in [0.15, 0.2) is 58.8 Å². The molecule has 2 aliphatic rings. The molecule has 0 fully saturated rings. The van der Waals surface area contributed by atoms with E-state index in [-0.39, 0.29) is 12.2 Å². The van der Waals surface area contributed by atoms with Gasteiger partial charge in [-0.25, -0.2) is 4.79 Å². The van der Waals surface area contributed by atoms with E-state index in [1.165, 1.54) is 6.08 Å². The second-order valence-corrected chi connectivity index (χ2v) is 6.69. The Hall–Kier alpha value is -2.21. The van der Waals surface area contributed by atoms with Crippen LogP contribution in [0.4, 0.5) is 13.2 Å². The van der Waals surface area contributed by atoms with Gasteiger partial charge in [0, 0.05) is 10.4 Å². The molecule has 3 nitrogen and oxygen atoms in total. The molecule has 1 aromatic carbocycles. The summed E-state index contributed by atoms with van der Waals surface area (Å²) in [5, 5.41) is 9.60. The average Bonchev–Trinajstić information content (AvgIpc) is 2.52. The van der Waals surface area contributed by atoms with Crippen molar-refractivity contribution in [1.82, 2.24) is 0 Å². The van der Waals surface area contributed by atoms with Gasteiger partial charge >= 0.3 is 12.1 Å². The summed E-state index contributed by atoms with van der Waals surface area (Å²) in [6.07, 6.45) is -4.60. The molecule has 1 aliphatic carbocycles. The van der Waals surface area contributed by atoms with Crippen molar-refractivity contribution in [2.75, 3.05) is 0 Å². The van der Waals surface area contributed by atoms with Crippen LogP contribution >= 0.6 is 11.6 Å². The van der Waals surface area contributed by atoms with Gasteiger partial charge in [0.15, 0.2) is 0 Å². The highest BCUT2D eigenvalue weighted by Gasteiger charge is 2.52. The van der Waals surface area contributed by atoms with Gasteiger partial charge in [0.25, 0.3) is 0 Å². The van der Waals surface area contributed by atoms with Gasteiger partial charge in [-0.15, -0.1) is 0 Å². The first-order valence-electron chi connectivity index (χ1n) is 7.47. The highest BCUT2D eigenvalue weighted by molar-refractivity contribution is 6.33. The molecule has 2 atom stereocenters. The number of halogens is 4. The van der Waals surface area contributed by atoms with E-state index in [0.717, 1.165) is 11.6 Å². The first kappa shape index (κ1) is 17.6. The summed E-state index contributed by atoms with van der Waals surface area (Å²) in [6.45, 7) is 1.61. The maximum Gasteiger partial charge on any atom is 0.429 e. The van der Waals surface area contributed by atoms with E-state index in [9.17, 15) is 18.0 Å². The van der Waals surface area contributed by atoms with Gasteiger partial charge in [-0.2, -0.15) is 13.2 Å². The van der Waals surface area contributed by atoms with Crippen molar-refractivity contribution in [2.24, 2.45) is 5.41 Å². The molecular weight excluding hydrogens is 357 g/mol. The van der Waals surface area contributed by atoms with Gasteiger partial charge in [0.05, 0.1) is 5.57 Å². The minimum atomic E-state index is -4.83. The maximum absolute atomic E-state index is 13.2. The number of carboxylic acid groups (broad SMARTS) is 1. The molecule has 132 valence electrons. The van der Waals surface area contributed by atoms with Crippen molar-refractivity contribution < 1.29 is 27.8 Å². The largest absolute Gasteiger partial charge is 0.479 e. The molecule has 1 N–H and O–H groups in total. The Morgan fingerprint density at radius 3 is 2.52 bits per heavy atom. The number of carboxylic acids is 1. The SMILES string of the molecule is CC12C=C(C(=O)O)C(C(F)(F)F)OC1=CC(c1ccccc1)=C(Cl)C2. The second-order valence-electron chi connectivity index (χ2n) is 6.23. The third kappa shape index (κ3) is 3.18. The fraction of sp³-hybridized carbons (Fsp3) is 0.278. The molecule has 1 aliphatic heterocycles. The Kier molecular flexibility index (Phi) is 4.19. The number of benzene rings is 1. The number of aliphatic carboxylic acids is 1. The smallest absolute Gasteiger partial charge is 0.429 e. The van der Waals surface area contributed by atoms with Crippen LogP contribution in [0.3, 0.4) is 0 Å². The number of hydrogen-bond acceptors (Lipinski definition) is 2. The van der Waals surface area contributed by atoms with Crippen LogP contribution in [0.25, 0.3) is 5.57 Å². The molecule has 0 saturated carbocycles. The van der Waals surface area contributed by atoms with E-state index in [4.69, 9.17) is 21.4 Å². The van der Waals surface area contributed by atoms with E-state index in [0.29, 0.717) is 10.6 Å². The normalized spacial score (nSPS) is 26.4. The molecule has 2 unspecified atom stereocenters. The second kappa shape index (κ2) is 5.95. The van der Waals surface area contributed by atoms with Crippen LogP contribution in [-0.4, -0.2) is 23.4 Å². The van der Waals surface area contributed by atoms with Crippen molar-refractivity contribution in [3.63, 3.8) is 0 Å². The number of rotatable bonds is 2. The number of allylic oxidation sites excluding steroid dienone is 4. The van der Waals surface area contributed by atoms with Crippen molar-refractivity contribution in [3.8, 4) is 0 Å². The molecule has 1 heterocycles. The summed E-state index contributed by atoms with van der Waals surface area (Å²) in [5.74, 6) is -1.60. The zero-order valence-corrected chi connectivity index (χ0v) is 13.9. The van der Waals surface area contributed by atoms with Gasteiger partial charge in [0.2, 0.25) is 6.10 Å². The fourth-order valence-corrected chi connectivity index (χ4v) is 3.50. The van der Waals surface area contributed by atoms with E-state index < -0.39 is 29.2 Å². The Labute approximate surface area is 147 Å². The topological polar surface area (TPSA) is 46.5 Å². The Morgan fingerprint density at radius 2 is 1.96 bits per heavy atom. The zero-order chi connectivity index (χ0) is 18.4. The van der Waals surface area contributed by atoms with Crippen molar-refractivity contribution in [3.05, 3.63) is 64.4 Å². The van der Waals surface area contributed by atoms with Gasteiger partial charge in [-0.3, -0.25) is 0 Å². The number of ether oxygens (including phenoxy) is 1. The van der Waals surface area contributed by atoms with E-state index in [1.807, 2.05) is 6.07 Å². The first-order chi connectivity index (χ1) is 11.6. The number of carbonyl (C=O) groups is 1. The van der Waals surface area contributed by atoms with Gasteiger partial charge < -0.3 is 9.84 Å². The van der Waals surface area contributed by atoms with Crippen molar-refractivity contribution in [1.29, 1.82) is 0 Å². The van der Waals surface area contributed by atoms with E-state index in [1.54, 1.807) is 31.2 Å². The van der Waals surface area contributed by atoms with Crippen molar-refractivity contribution in [2.45, 2.75) is 25.6 Å². The summed E-state index contributed by atoms with van der Waals surface area (Å²) < 4.78 is 44.8. The summed E-state index contributed by atoms with van der Waals surface area (Å²) in [4.78, 5) is 11.3. The molecule has 0 radical (unpaired) electrons. The van der Waals surface area contributed by atoms with Crippen LogP contribution in [0.1, 0.15) is 18.9 Å². The average molecular weight is 371 g/mol. The highest BCUT2D eigenvalue weighted by atomic mass is 35.5. The molecule has 3 rings (SSSR count). The summed E-state index contributed by atoms with van der Waals surface area (Å²) in [7, 11) is 0. The third-order valence-electron chi connectivity index (χ3n) is 4.28. The molecule has 1 aromatic rings. The van der Waals surface area contributed by atoms with E-state index >= 15 is 0 Å². The molecule has 0 bridgehead atoms. The third-order valence-corrected chi connectivity index (χ3v) is 4.62. The summed E-state index contributed by atoms with van der Waals surface area (Å²) in [6, 6.07) is 8.99. The Morgan fingerprint density at radius 1 is 1.32 bits per heavy atom. The Bertz CT molecular complexity index is 809. The quantitative estimate of drug-likeness (QED) is 0.805. The molecule has 0 aromatic heterocycles. The van der Waals surface area contributed by atoms with Crippen LogP contribution in [0.5, 0.6) is 0 Å². The molecule has 25 heavy (non-hydrogen) atoms. The Balaban J connectivity index is 2.10. The lowest BCUT2D eigenvalue weighted by atomic mass is 9.75. The zero-order valence-electron chi connectivity index (χ0n) is 13.1. The predicted molar refractivity (Wildman–Crippen MR) is 86.7 cm³/mol. The lowest BCUT2D eigenvalue weighted by Gasteiger charge is -2.40. The molecule has 0 saturated heterocycles. The van der Waals surface area contributed by atoms with Crippen LogP contribution in [0, 0.1) is 5.41 Å². The number of alkyl halides is 3. The molecule has 7 heteroatoms. The van der Waals surface area contributed by atoms with Gasteiger partial charge in [0.1, 0.15) is 5.76 Å². The molecule has 0 amide bonds. The highest BCUT2D eigenvalue weighted by Crippen LogP contribution is 2.50. The fourth-order valence-electron chi connectivity index (χ4n) is 3.05. The maximum atomic E-state index is 13.2. The van der Waals surface area contributed by atoms with Gasteiger partial charge in [-0.1, -0.05) is 48.0 Å². The van der Waals surface area contributed by atoms with Gasteiger partial charge in [-0.05, 0) is 30.6 Å². The standard InChI is InChI=1S/C18H14ClF3O3/c1-17-8-12(16(23)24)15(18(20,21)22)25-14(17)7-11(13(19)9-17)10-5-3-2-4-6-10/h2-8,15H,9H2,1H3,(H,23,24). The van der Waals surface area contributed by atoms with Crippen LogP contribution in [-0.2, 0) is 9.53 Å².